The highest BCUT2D eigenvalue weighted by Crippen LogP contribution is 2.26. The first-order chi connectivity index (χ1) is 22.8. The number of sulfonamides is 1. The zero-order chi connectivity index (χ0) is 34.8. The summed E-state index contributed by atoms with van der Waals surface area (Å²) in [5, 5.41) is 31.2. The molecule has 0 bridgehead atoms. The standard InChI is InChI=1S/C31H35N7O9S/c32-23(16-21-10-12-22(39)13-11-21)29(41)36-25-19-37(48(46,47)27-9-5-4-8-26(27)38(44)45)15-14-33-30(42)24(17-20-6-2-1-3-7-20)35-28(40)18-34-31(25)43/h1-13,23-25,39H,14-19,32H2,(H,33,42)(H,34,43)(H,35,40)(H,36,41)/t23-,24-,25?/m0/s1. The number of phenols is 1. The zero-order valence-electron chi connectivity index (χ0n) is 25.6. The van der Waals surface area contributed by atoms with Crippen LogP contribution in [0.25, 0.3) is 0 Å². The van der Waals surface area contributed by atoms with E-state index < -0.39 is 86.9 Å². The van der Waals surface area contributed by atoms with Crippen molar-refractivity contribution in [3.8, 4) is 5.75 Å². The number of hydrogen-bond donors (Lipinski definition) is 6. The fourth-order valence-corrected chi connectivity index (χ4v) is 6.56. The first kappa shape index (κ1) is 35.5. The number of nitrogens with one attached hydrogen (secondary N) is 4. The fourth-order valence-electron chi connectivity index (χ4n) is 4.95. The summed E-state index contributed by atoms with van der Waals surface area (Å²) in [5.41, 5.74) is 6.69. The Hall–Kier alpha value is -5.39. The molecule has 0 radical (unpaired) electrons. The number of para-hydroxylation sites is 1. The number of nitro groups is 1. The van der Waals surface area contributed by atoms with Crippen LogP contribution >= 0.6 is 0 Å². The van der Waals surface area contributed by atoms with Crippen molar-refractivity contribution in [1.82, 2.24) is 25.6 Å². The molecular weight excluding hydrogens is 646 g/mol. The molecule has 16 nitrogen and oxygen atoms in total. The van der Waals surface area contributed by atoms with Crippen LogP contribution in [0.2, 0.25) is 0 Å². The van der Waals surface area contributed by atoms with Gasteiger partial charge in [0.2, 0.25) is 33.7 Å². The number of rotatable bonds is 9. The molecular formula is C31H35N7O9S. The summed E-state index contributed by atoms with van der Waals surface area (Å²) in [6, 6.07) is 15.4. The van der Waals surface area contributed by atoms with Gasteiger partial charge in [-0.05, 0) is 35.7 Å². The van der Waals surface area contributed by atoms with E-state index in [1.54, 1.807) is 42.5 Å². The van der Waals surface area contributed by atoms with Crippen molar-refractivity contribution in [2.45, 2.75) is 35.9 Å². The molecule has 17 heteroatoms. The van der Waals surface area contributed by atoms with Gasteiger partial charge in [0, 0.05) is 32.1 Å². The first-order valence-electron chi connectivity index (χ1n) is 14.8. The molecule has 1 heterocycles. The second kappa shape index (κ2) is 15.9. The molecule has 0 saturated carbocycles. The molecule has 7 N–H and O–H groups in total. The largest absolute Gasteiger partial charge is 0.508 e. The van der Waals surface area contributed by atoms with E-state index in [4.69, 9.17) is 5.73 Å². The number of aromatic hydroxyl groups is 1. The summed E-state index contributed by atoms with van der Waals surface area (Å²) < 4.78 is 28.6. The maximum Gasteiger partial charge on any atom is 0.289 e. The number of nitrogens with two attached hydrogens (primary N) is 1. The monoisotopic (exact) mass is 681 g/mol. The number of amides is 4. The Morgan fingerprint density at radius 3 is 2.33 bits per heavy atom. The van der Waals surface area contributed by atoms with Gasteiger partial charge in [0.05, 0.1) is 17.5 Å². The minimum atomic E-state index is -4.72. The fraction of sp³-hybridized carbons (Fsp3) is 0.290. The molecule has 3 aromatic rings. The number of carbonyl (C=O) groups excluding carboxylic acids is 4. The van der Waals surface area contributed by atoms with Crippen molar-refractivity contribution in [2.75, 3.05) is 26.2 Å². The molecule has 1 unspecified atom stereocenters. The van der Waals surface area contributed by atoms with Crippen molar-refractivity contribution in [2.24, 2.45) is 5.73 Å². The lowest BCUT2D eigenvalue weighted by Gasteiger charge is -2.28. The average Bonchev–Trinajstić information content (AvgIpc) is 3.07. The molecule has 48 heavy (non-hydrogen) atoms. The lowest BCUT2D eigenvalue weighted by molar-refractivity contribution is -0.387. The Morgan fingerprint density at radius 1 is 0.979 bits per heavy atom. The van der Waals surface area contributed by atoms with E-state index in [1.807, 2.05) is 0 Å². The molecule has 3 aromatic carbocycles. The number of benzene rings is 3. The summed E-state index contributed by atoms with van der Waals surface area (Å²) in [5.74, 6) is -3.14. The Bertz CT molecular complexity index is 1760. The predicted octanol–water partition coefficient (Wildman–Crippen LogP) is -0.681. The van der Waals surface area contributed by atoms with Gasteiger partial charge >= 0.3 is 0 Å². The molecule has 0 aliphatic carbocycles. The number of phenolic OH excluding ortho intramolecular Hbond substituents is 1. The van der Waals surface area contributed by atoms with Gasteiger partial charge in [0.1, 0.15) is 17.8 Å². The molecule has 0 spiro atoms. The minimum absolute atomic E-state index is 0.00373. The van der Waals surface area contributed by atoms with Crippen LogP contribution in [0.4, 0.5) is 5.69 Å². The maximum absolute atomic E-state index is 13.9. The zero-order valence-corrected chi connectivity index (χ0v) is 26.4. The van der Waals surface area contributed by atoms with Gasteiger partial charge in [-0.15, -0.1) is 0 Å². The summed E-state index contributed by atoms with van der Waals surface area (Å²) in [4.78, 5) is 62.9. The van der Waals surface area contributed by atoms with Gasteiger partial charge in [-0.3, -0.25) is 29.3 Å². The maximum atomic E-state index is 13.9. The summed E-state index contributed by atoms with van der Waals surface area (Å²) in [6.07, 6.45) is 0.0814. The highest BCUT2D eigenvalue weighted by Gasteiger charge is 2.36. The van der Waals surface area contributed by atoms with E-state index in [1.165, 1.54) is 24.3 Å². The SMILES string of the molecule is N[C@@H](Cc1ccc(O)cc1)C(=O)NC1CN(S(=O)(=O)c2ccccc2[N+](=O)[O-])CCNC(=O)[C@H](Cc2ccccc2)NC(=O)CNC1=O. The number of carbonyl (C=O) groups is 4. The molecule has 1 aliphatic heterocycles. The molecule has 1 saturated heterocycles. The highest BCUT2D eigenvalue weighted by atomic mass is 32.2. The van der Waals surface area contributed by atoms with Crippen LogP contribution in [0.15, 0.2) is 83.8 Å². The van der Waals surface area contributed by atoms with Crippen molar-refractivity contribution in [3.63, 3.8) is 0 Å². The van der Waals surface area contributed by atoms with Crippen molar-refractivity contribution >= 4 is 39.3 Å². The Kier molecular flexibility index (Phi) is 11.8. The second-order valence-electron chi connectivity index (χ2n) is 10.9. The van der Waals surface area contributed by atoms with Gasteiger partial charge in [0.15, 0.2) is 4.90 Å². The van der Waals surface area contributed by atoms with Crippen molar-refractivity contribution < 1.29 is 37.6 Å². The van der Waals surface area contributed by atoms with Crippen LogP contribution in [0.5, 0.6) is 5.75 Å². The quantitative estimate of drug-likeness (QED) is 0.123. The Morgan fingerprint density at radius 2 is 1.65 bits per heavy atom. The highest BCUT2D eigenvalue weighted by molar-refractivity contribution is 7.89. The lowest BCUT2D eigenvalue weighted by Crippen LogP contribution is -2.57. The Balaban J connectivity index is 1.65. The third-order valence-electron chi connectivity index (χ3n) is 7.45. The van der Waals surface area contributed by atoms with Crippen LogP contribution in [-0.4, -0.2) is 90.7 Å². The number of nitro benzene ring substituents is 1. The summed E-state index contributed by atoms with van der Waals surface area (Å²) >= 11 is 0. The van der Waals surface area contributed by atoms with E-state index in [-0.39, 0.29) is 25.1 Å². The molecule has 3 atom stereocenters. The third-order valence-corrected chi connectivity index (χ3v) is 9.36. The van der Waals surface area contributed by atoms with Gasteiger partial charge in [-0.1, -0.05) is 54.6 Å². The second-order valence-corrected chi connectivity index (χ2v) is 12.9. The Labute approximate surface area is 275 Å². The smallest absolute Gasteiger partial charge is 0.289 e. The van der Waals surface area contributed by atoms with Crippen LogP contribution < -0.4 is 27.0 Å². The van der Waals surface area contributed by atoms with E-state index in [0.717, 1.165) is 22.0 Å². The minimum Gasteiger partial charge on any atom is -0.508 e. The van der Waals surface area contributed by atoms with E-state index >= 15 is 0 Å². The molecule has 4 rings (SSSR count). The van der Waals surface area contributed by atoms with Crippen LogP contribution in [0.3, 0.4) is 0 Å². The van der Waals surface area contributed by atoms with Crippen LogP contribution in [0, 0.1) is 10.1 Å². The van der Waals surface area contributed by atoms with Crippen LogP contribution in [-0.2, 0) is 42.0 Å². The first-order valence-corrected chi connectivity index (χ1v) is 16.3. The predicted molar refractivity (Wildman–Crippen MR) is 172 cm³/mol. The van der Waals surface area contributed by atoms with E-state index in [2.05, 4.69) is 21.3 Å². The van der Waals surface area contributed by atoms with E-state index in [0.29, 0.717) is 5.56 Å². The number of hydrogen-bond acceptors (Lipinski definition) is 10. The molecule has 1 aliphatic rings. The van der Waals surface area contributed by atoms with Gasteiger partial charge in [-0.25, -0.2) is 8.42 Å². The molecule has 0 aromatic heterocycles. The molecule has 254 valence electrons. The molecule has 4 amide bonds. The lowest BCUT2D eigenvalue weighted by atomic mass is 10.1. The summed E-state index contributed by atoms with van der Waals surface area (Å²) in [6.45, 7) is -2.14. The third kappa shape index (κ3) is 9.34. The molecule has 1 fully saturated rings. The normalized spacial score (nSPS) is 18.9. The van der Waals surface area contributed by atoms with Crippen LogP contribution in [0.1, 0.15) is 11.1 Å². The number of nitrogens with zero attached hydrogens (tertiary/aromatic N) is 2. The van der Waals surface area contributed by atoms with E-state index in [9.17, 15) is 42.8 Å². The summed E-state index contributed by atoms with van der Waals surface area (Å²) in [7, 11) is -4.72. The topological polar surface area (TPSA) is 243 Å². The van der Waals surface area contributed by atoms with Gasteiger partial charge in [0.25, 0.3) is 5.69 Å². The van der Waals surface area contributed by atoms with Crippen molar-refractivity contribution in [3.05, 3.63) is 100 Å². The van der Waals surface area contributed by atoms with Crippen molar-refractivity contribution in [1.29, 1.82) is 0 Å². The van der Waals surface area contributed by atoms with Gasteiger partial charge < -0.3 is 32.1 Å². The van der Waals surface area contributed by atoms with Gasteiger partial charge in [-0.2, -0.15) is 4.31 Å². The average molecular weight is 682 g/mol.